The Morgan fingerprint density at radius 2 is 1.67 bits per heavy atom. The van der Waals surface area contributed by atoms with Crippen LogP contribution in [0.1, 0.15) is 24.2 Å². The number of sulfonamides is 1. The number of hydrogen-bond acceptors (Lipinski definition) is 4. The average molecular weight is 314 g/mol. The van der Waals surface area contributed by atoms with E-state index in [0.29, 0.717) is 13.1 Å². The van der Waals surface area contributed by atoms with Crippen molar-refractivity contribution in [3.8, 4) is 0 Å². The van der Waals surface area contributed by atoms with Crippen LogP contribution in [0.4, 0.5) is 0 Å². The molecule has 1 aromatic carbocycles. The van der Waals surface area contributed by atoms with E-state index in [2.05, 4.69) is 5.32 Å². The number of carbonyl (C=O) groups excluding carboxylic acids is 1. The molecule has 1 amide bonds. The van der Waals surface area contributed by atoms with Gasteiger partial charge < -0.3 is 10.4 Å². The first-order valence-electron chi connectivity index (χ1n) is 6.43. The second-order valence-electron chi connectivity index (χ2n) is 4.19. The first-order chi connectivity index (χ1) is 9.82. The van der Waals surface area contributed by atoms with Crippen LogP contribution in [0.3, 0.4) is 0 Å². The molecule has 7 nitrogen and oxygen atoms in total. The van der Waals surface area contributed by atoms with Gasteiger partial charge in [-0.2, -0.15) is 4.31 Å². The van der Waals surface area contributed by atoms with Crippen LogP contribution in [0.2, 0.25) is 0 Å². The molecule has 0 heterocycles. The van der Waals surface area contributed by atoms with Gasteiger partial charge in [0.05, 0.1) is 4.90 Å². The van der Waals surface area contributed by atoms with Crippen molar-refractivity contribution in [2.75, 3.05) is 19.6 Å². The number of carbonyl (C=O) groups is 2. The molecule has 0 spiro atoms. The maximum absolute atomic E-state index is 12.2. The van der Waals surface area contributed by atoms with Crippen molar-refractivity contribution in [1.82, 2.24) is 9.62 Å². The zero-order valence-electron chi connectivity index (χ0n) is 11.9. The number of nitrogens with one attached hydrogen (secondary N) is 1. The Morgan fingerprint density at radius 3 is 2.10 bits per heavy atom. The highest BCUT2D eigenvalue weighted by Gasteiger charge is 2.21. The van der Waals surface area contributed by atoms with Crippen molar-refractivity contribution in [3.63, 3.8) is 0 Å². The topological polar surface area (TPSA) is 104 Å². The summed E-state index contributed by atoms with van der Waals surface area (Å²) in [5.74, 6) is -1.71. The summed E-state index contributed by atoms with van der Waals surface area (Å²) < 4.78 is 25.8. The average Bonchev–Trinajstić information content (AvgIpc) is 2.45. The Bertz CT molecular complexity index is 606. The Labute approximate surface area is 123 Å². The van der Waals surface area contributed by atoms with Crippen LogP contribution >= 0.6 is 0 Å². The number of carboxylic acid groups (broad SMARTS) is 1. The van der Waals surface area contributed by atoms with Crippen LogP contribution in [-0.2, 0) is 14.8 Å². The second-order valence-corrected chi connectivity index (χ2v) is 6.13. The lowest BCUT2D eigenvalue weighted by molar-refractivity contribution is -0.135. The van der Waals surface area contributed by atoms with Gasteiger partial charge >= 0.3 is 5.97 Å². The lowest BCUT2D eigenvalue weighted by atomic mass is 10.2. The van der Waals surface area contributed by atoms with Gasteiger partial charge in [0.15, 0.2) is 0 Å². The fraction of sp³-hybridized carbons (Fsp3) is 0.385. The van der Waals surface area contributed by atoms with Crippen LogP contribution in [-0.4, -0.2) is 49.3 Å². The van der Waals surface area contributed by atoms with Crippen LogP contribution < -0.4 is 5.32 Å². The molecule has 0 unspecified atom stereocenters. The third-order valence-electron chi connectivity index (χ3n) is 2.86. The standard InChI is InChI=1S/C13H18N2O5S/c1-3-15(4-2)21(19,20)11-7-5-10(6-8-11)13(18)14-9-12(16)17/h5-8H,3-4,9H2,1-2H3,(H,14,18)(H,16,17). The molecular weight excluding hydrogens is 296 g/mol. The van der Waals surface area contributed by atoms with Gasteiger partial charge in [0, 0.05) is 18.7 Å². The molecule has 116 valence electrons. The van der Waals surface area contributed by atoms with Gasteiger partial charge in [-0.25, -0.2) is 8.42 Å². The summed E-state index contributed by atoms with van der Waals surface area (Å²) in [6.45, 7) is 3.72. The van der Waals surface area contributed by atoms with Gasteiger partial charge in [0.1, 0.15) is 6.54 Å². The van der Waals surface area contributed by atoms with E-state index in [-0.39, 0.29) is 10.5 Å². The summed E-state index contributed by atoms with van der Waals surface area (Å²) in [5.41, 5.74) is 0.203. The predicted octanol–water partition coefficient (Wildman–Crippen LogP) is 0.532. The molecule has 0 saturated heterocycles. The van der Waals surface area contributed by atoms with E-state index in [1.807, 2.05) is 0 Å². The third-order valence-corrected chi connectivity index (χ3v) is 4.92. The van der Waals surface area contributed by atoms with Crippen LogP contribution in [0.15, 0.2) is 29.2 Å². The monoisotopic (exact) mass is 314 g/mol. The largest absolute Gasteiger partial charge is 0.480 e. The molecule has 0 saturated carbocycles. The molecule has 0 aliphatic rings. The molecule has 0 aliphatic heterocycles. The summed E-state index contributed by atoms with van der Waals surface area (Å²) in [7, 11) is -3.56. The molecule has 1 rings (SSSR count). The minimum absolute atomic E-state index is 0.0981. The molecule has 21 heavy (non-hydrogen) atoms. The number of aliphatic carboxylic acids is 1. The van der Waals surface area contributed by atoms with Crippen molar-refractivity contribution in [3.05, 3.63) is 29.8 Å². The van der Waals surface area contributed by atoms with Crippen molar-refractivity contribution in [2.24, 2.45) is 0 Å². The number of amides is 1. The number of carboxylic acids is 1. The summed E-state index contributed by atoms with van der Waals surface area (Å²) in [5, 5.41) is 10.7. The zero-order valence-corrected chi connectivity index (χ0v) is 12.7. The molecule has 1 aromatic rings. The van der Waals surface area contributed by atoms with E-state index in [0.717, 1.165) is 0 Å². The van der Waals surface area contributed by atoms with Gasteiger partial charge in [-0.15, -0.1) is 0 Å². The summed E-state index contributed by atoms with van der Waals surface area (Å²) in [6, 6.07) is 5.38. The van der Waals surface area contributed by atoms with Gasteiger partial charge in [0.2, 0.25) is 10.0 Å². The molecule has 8 heteroatoms. The fourth-order valence-electron chi connectivity index (χ4n) is 1.75. The van der Waals surface area contributed by atoms with E-state index in [4.69, 9.17) is 5.11 Å². The van der Waals surface area contributed by atoms with Crippen molar-refractivity contribution in [1.29, 1.82) is 0 Å². The number of benzene rings is 1. The van der Waals surface area contributed by atoms with Crippen LogP contribution in [0.25, 0.3) is 0 Å². The Balaban J connectivity index is 2.92. The summed E-state index contributed by atoms with van der Waals surface area (Å²) >= 11 is 0. The lowest BCUT2D eigenvalue weighted by Gasteiger charge is -2.18. The fourth-order valence-corrected chi connectivity index (χ4v) is 3.21. The highest BCUT2D eigenvalue weighted by molar-refractivity contribution is 7.89. The van der Waals surface area contributed by atoms with Gasteiger partial charge in [-0.1, -0.05) is 13.8 Å². The molecule has 0 aliphatic carbocycles. The summed E-state index contributed by atoms with van der Waals surface area (Å²) in [4.78, 5) is 22.1. The molecular formula is C13H18N2O5S. The Morgan fingerprint density at radius 1 is 1.14 bits per heavy atom. The molecule has 2 N–H and O–H groups in total. The Hall–Kier alpha value is -1.93. The third kappa shape index (κ3) is 4.27. The van der Waals surface area contributed by atoms with Crippen LogP contribution in [0.5, 0.6) is 0 Å². The molecule has 0 aromatic heterocycles. The van der Waals surface area contributed by atoms with Crippen LogP contribution in [0, 0.1) is 0 Å². The maximum Gasteiger partial charge on any atom is 0.322 e. The smallest absolute Gasteiger partial charge is 0.322 e. The molecule has 0 radical (unpaired) electrons. The van der Waals surface area contributed by atoms with Gasteiger partial charge in [-0.05, 0) is 24.3 Å². The highest BCUT2D eigenvalue weighted by atomic mass is 32.2. The number of rotatable bonds is 7. The van der Waals surface area contributed by atoms with E-state index < -0.39 is 28.4 Å². The first kappa shape index (κ1) is 17.1. The maximum atomic E-state index is 12.2. The zero-order chi connectivity index (χ0) is 16.0. The Kier molecular flexibility index (Phi) is 5.86. The van der Waals surface area contributed by atoms with E-state index >= 15 is 0 Å². The summed E-state index contributed by atoms with van der Waals surface area (Å²) in [6.07, 6.45) is 0. The lowest BCUT2D eigenvalue weighted by Crippen LogP contribution is -2.31. The number of hydrogen-bond donors (Lipinski definition) is 2. The van der Waals surface area contributed by atoms with E-state index in [9.17, 15) is 18.0 Å². The molecule has 0 atom stereocenters. The van der Waals surface area contributed by atoms with E-state index in [1.165, 1.54) is 28.6 Å². The quantitative estimate of drug-likeness (QED) is 0.764. The van der Waals surface area contributed by atoms with Crippen molar-refractivity contribution in [2.45, 2.75) is 18.7 Å². The van der Waals surface area contributed by atoms with Crippen molar-refractivity contribution < 1.29 is 23.1 Å². The minimum Gasteiger partial charge on any atom is -0.480 e. The van der Waals surface area contributed by atoms with Gasteiger partial charge in [0.25, 0.3) is 5.91 Å². The number of nitrogens with zero attached hydrogens (tertiary/aromatic N) is 1. The molecule has 0 bridgehead atoms. The highest BCUT2D eigenvalue weighted by Crippen LogP contribution is 2.16. The first-order valence-corrected chi connectivity index (χ1v) is 7.87. The van der Waals surface area contributed by atoms with Gasteiger partial charge in [-0.3, -0.25) is 9.59 Å². The minimum atomic E-state index is -3.56. The predicted molar refractivity (Wildman–Crippen MR) is 76.5 cm³/mol. The molecule has 0 fully saturated rings. The second kappa shape index (κ2) is 7.19. The normalized spacial score (nSPS) is 11.4. The SMILES string of the molecule is CCN(CC)S(=O)(=O)c1ccc(C(=O)NCC(=O)O)cc1. The van der Waals surface area contributed by atoms with E-state index in [1.54, 1.807) is 13.8 Å². The van der Waals surface area contributed by atoms with Crippen molar-refractivity contribution >= 4 is 21.9 Å².